The van der Waals surface area contributed by atoms with Gasteiger partial charge in [-0.2, -0.15) is 5.10 Å². The van der Waals surface area contributed by atoms with E-state index in [0.717, 1.165) is 10.0 Å². The summed E-state index contributed by atoms with van der Waals surface area (Å²) in [5.74, 6) is 0. The number of hydrazone groups is 1. The maximum atomic E-state index is 9.97. The third-order valence-electron chi connectivity index (χ3n) is 3.64. The van der Waals surface area contributed by atoms with Gasteiger partial charge in [0.15, 0.2) is 11.3 Å². The topological polar surface area (TPSA) is 106 Å². The SMILES string of the molecule is CC[C@H]1O[C@@H](NC(=S)N/N=C/c2ccc(Br)cc2)[C@H](O)[C@@H](O)[C@@H]1O. The molecule has 1 aromatic rings. The molecular weight excluding hydrogens is 398 g/mol. The van der Waals surface area contributed by atoms with Crippen LogP contribution in [0.5, 0.6) is 0 Å². The molecule has 1 aliphatic rings. The van der Waals surface area contributed by atoms with Gasteiger partial charge in [0.1, 0.15) is 18.3 Å². The standard InChI is InChI=1S/C15H20BrN3O4S/c1-2-10-11(20)12(21)13(22)14(23-10)18-15(24)19-17-7-8-3-5-9(16)6-4-8/h3-7,10-14,20-22H,2H2,1H3,(H2,18,19,24)/b17-7+/t10-,11-,12+,13-,14-/m1/s1. The fourth-order valence-electron chi connectivity index (χ4n) is 2.28. The number of aliphatic hydroxyl groups is 3. The first kappa shape index (κ1) is 19.2. The van der Waals surface area contributed by atoms with Gasteiger partial charge in [-0.1, -0.05) is 35.0 Å². The zero-order chi connectivity index (χ0) is 17.7. The van der Waals surface area contributed by atoms with Crippen LogP contribution in [0.15, 0.2) is 33.8 Å². The Hall–Kier alpha value is -1.10. The van der Waals surface area contributed by atoms with E-state index in [1.54, 1.807) is 6.21 Å². The van der Waals surface area contributed by atoms with Crippen LogP contribution in [0.1, 0.15) is 18.9 Å². The minimum Gasteiger partial charge on any atom is -0.388 e. The number of hydrogen-bond donors (Lipinski definition) is 5. The highest BCUT2D eigenvalue weighted by molar-refractivity contribution is 9.10. The lowest BCUT2D eigenvalue weighted by molar-refractivity contribution is -0.225. The number of rotatable bonds is 4. The van der Waals surface area contributed by atoms with E-state index in [4.69, 9.17) is 17.0 Å². The molecule has 1 saturated heterocycles. The zero-order valence-corrected chi connectivity index (χ0v) is 15.4. The molecule has 1 heterocycles. The number of ether oxygens (including phenoxy) is 1. The van der Waals surface area contributed by atoms with Gasteiger partial charge in [0.05, 0.1) is 12.3 Å². The number of halogens is 1. The highest BCUT2D eigenvalue weighted by atomic mass is 79.9. The molecule has 1 aromatic carbocycles. The molecule has 1 fully saturated rings. The van der Waals surface area contributed by atoms with Crippen LogP contribution in [0, 0.1) is 0 Å². The van der Waals surface area contributed by atoms with Crippen molar-refractivity contribution in [1.29, 1.82) is 0 Å². The second kappa shape index (κ2) is 8.84. The third-order valence-corrected chi connectivity index (χ3v) is 4.38. The van der Waals surface area contributed by atoms with Gasteiger partial charge in [0, 0.05) is 4.47 Å². The van der Waals surface area contributed by atoms with Crippen molar-refractivity contribution in [2.45, 2.75) is 44.0 Å². The maximum Gasteiger partial charge on any atom is 0.189 e. The highest BCUT2D eigenvalue weighted by Crippen LogP contribution is 2.21. The van der Waals surface area contributed by atoms with Crippen molar-refractivity contribution in [1.82, 2.24) is 10.7 Å². The average Bonchev–Trinajstić information content (AvgIpc) is 2.57. The molecule has 2 rings (SSSR count). The Balaban J connectivity index is 1.88. The van der Waals surface area contributed by atoms with Crippen molar-refractivity contribution in [2.24, 2.45) is 5.10 Å². The van der Waals surface area contributed by atoms with Crippen LogP contribution in [0.25, 0.3) is 0 Å². The molecule has 0 radical (unpaired) electrons. The van der Waals surface area contributed by atoms with Crippen molar-refractivity contribution in [2.75, 3.05) is 0 Å². The summed E-state index contributed by atoms with van der Waals surface area (Å²) in [4.78, 5) is 0. The van der Waals surface area contributed by atoms with Gasteiger partial charge in [0.2, 0.25) is 0 Å². The third kappa shape index (κ3) is 4.95. The Morgan fingerprint density at radius 1 is 1.25 bits per heavy atom. The van der Waals surface area contributed by atoms with Crippen LogP contribution in [-0.2, 0) is 4.74 Å². The number of benzene rings is 1. The predicted octanol–water partition coefficient (Wildman–Crippen LogP) is 0.465. The number of thiocarbonyl (C=S) groups is 1. The second-order valence-corrected chi connectivity index (χ2v) is 6.69. The summed E-state index contributed by atoms with van der Waals surface area (Å²) in [6.07, 6.45) is -3.20. The molecule has 24 heavy (non-hydrogen) atoms. The molecule has 0 aliphatic carbocycles. The van der Waals surface area contributed by atoms with Gasteiger partial charge >= 0.3 is 0 Å². The summed E-state index contributed by atoms with van der Waals surface area (Å²) in [5, 5.41) is 36.5. The smallest absolute Gasteiger partial charge is 0.189 e. The molecule has 0 saturated carbocycles. The summed E-state index contributed by atoms with van der Waals surface area (Å²) in [7, 11) is 0. The highest BCUT2D eigenvalue weighted by Gasteiger charge is 2.43. The van der Waals surface area contributed by atoms with E-state index in [0.29, 0.717) is 6.42 Å². The molecule has 5 atom stereocenters. The first-order valence-electron chi connectivity index (χ1n) is 7.47. The molecule has 0 unspecified atom stereocenters. The Kier molecular flexibility index (Phi) is 7.08. The van der Waals surface area contributed by atoms with Gasteiger partial charge in [-0.05, 0) is 36.3 Å². The van der Waals surface area contributed by atoms with Crippen LogP contribution in [0.3, 0.4) is 0 Å². The fourth-order valence-corrected chi connectivity index (χ4v) is 2.72. The Morgan fingerprint density at radius 3 is 2.54 bits per heavy atom. The molecule has 0 aromatic heterocycles. The summed E-state index contributed by atoms with van der Waals surface area (Å²) < 4.78 is 6.49. The van der Waals surface area contributed by atoms with E-state index in [-0.39, 0.29) is 5.11 Å². The minimum absolute atomic E-state index is 0.130. The molecule has 0 bridgehead atoms. The van der Waals surface area contributed by atoms with E-state index < -0.39 is 30.6 Å². The van der Waals surface area contributed by atoms with Crippen molar-refractivity contribution in [3.8, 4) is 0 Å². The van der Waals surface area contributed by atoms with Crippen LogP contribution < -0.4 is 10.7 Å². The van der Waals surface area contributed by atoms with Crippen molar-refractivity contribution < 1.29 is 20.1 Å². The Morgan fingerprint density at radius 2 is 1.92 bits per heavy atom. The lowest BCUT2D eigenvalue weighted by atomic mass is 9.96. The lowest BCUT2D eigenvalue weighted by Gasteiger charge is -2.40. The maximum absolute atomic E-state index is 9.97. The van der Waals surface area contributed by atoms with Crippen molar-refractivity contribution >= 4 is 39.5 Å². The van der Waals surface area contributed by atoms with Crippen molar-refractivity contribution in [3.63, 3.8) is 0 Å². The van der Waals surface area contributed by atoms with E-state index in [1.807, 2.05) is 31.2 Å². The van der Waals surface area contributed by atoms with Crippen LogP contribution >= 0.6 is 28.1 Å². The van der Waals surface area contributed by atoms with Crippen LogP contribution in [0.2, 0.25) is 0 Å². The number of nitrogens with zero attached hydrogens (tertiary/aromatic N) is 1. The van der Waals surface area contributed by atoms with Crippen LogP contribution in [-0.4, -0.2) is 57.3 Å². The van der Waals surface area contributed by atoms with E-state index in [1.165, 1.54) is 0 Å². The number of aliphatic hydroxyl groups excluding tert-OH is 3. The summed E-state index contributed by atoms with van der Waals surface area (Å²) in [6, 6.07) is 7.54. The molecule has 0 spiro atoms. The average molecular weight is 418 g/mol. The molecule has 0 amide bonds. The summed E-state index contributed by atoms with van der Waals surface area (Å²) >= 11 is 8.44. The Labute approximate surface area is 153 Å². The van der Waals surface area contributed by atoms with Gasteiger partial charge in [0.25, 0.3) is 0 Å². The van der Waals surface area contributed by atoms with Gasteiger partial charge in [-0.3, -0.25) is 5.43 Å². The first-order chi connectivity index (χ1) is 11.4. The largest absolute Gasteiger partial charge is 0.388 e. The Bertz CT molecular complexity index is 585. The predicted molar refractivity (Wildman–Crippen MR) is 97.6 cm³/mol. The quantitative estimate of drug-likeness (QED) is 0.275. The van der Waals surface area contributed by atoms with Gasteiger partial charge in [-0.25, -0.2) is 0 Å². The molecule has 1 aliphatic heterocycles. The van der Waals surface area contributed by atoms with Gasteiger partial charge in [-0.15, -0.1) is 0 Å². The molecule has 132 valence electrons. The summed E-state index contributed by atoms with van der Waals surface area (Å²) in [6.45, 7) is 1.81. The van der Waals surface area contributed by atoms with Crippen molar-refractivity contribution in [3.05, 3.63) is 34.3 Å². The number of nitrogens with one attached hydrogen (secondary N) is 2. The van der Waals surface area contributed by atoms with E-state index in [2.05, 4.69) is 31.8 Å². The molecular formula is C15H20BrN3O4S. The molecule has 9 heteroatoms. The second-order valence-electron chi connectivity index (χ2n) is 5.37. The monoisotopic (exact) mass is 417 g/mol. The fraction of sp³-hybridized carbons (Fsp3) is 0.467. The normalized spacial score (nSPS) is 30.3. The molecule has 7 nitrogen and oxygen atoms in total. The lowest BCUT2D eigenvalue weighted by Crippen LogP contribution is -2.62. The van der Waals surface area contributed by atoms with Crippen LogP contribution in [0.4, 0.5) is 0 Å². The summed E-state index contributed by atoms with van der Waals surface area (Å²) in [5.41, 5.74) is 3.50. The zero-order valence-electron chi connectivity index (χ0n) is 13.0. The van der Waals surface area contributed by atoms with Gasteiger partial charge < -0.3 is 25.4 Å². The number of hydrogen-bond acceptors (Lipinski definition) is 6. The van der Waals surface area contributed by atoms with E-state index >= 15 is 0 Å². The molecule has 5 N–H and O–H groups in total. The minimum atomic E-state index is -1.31. The first-order valence-corrected chi connectivity index (χ1v) is 8.67. The van der Waals surface area contributed by atoms with E-state index in [9.17, 15) is 15.3 Å².